The molecule has 8 nitrogen and oxygen atoms in total. The number of halogens is 3. The molecule has 0 bridgehead atoms. The maximum Gasteiger partial charge on any atom is 0.416 e. The molecule has 2 amide bonds. The number of likely N-dealkylation sites (tertiary alicyclic amines) is 1. The van der Waals surface area contributed by atoms with Crippen molar-refractivity contribution in [1.82, 2.24) is 30.0 Å². The third-order valence-electron chi connectivity index (χ3n) is 4.30. The Morgan fingerprint density at radius 2 is 2.00 bits per heavy atom. The molecule has 1 aromatic carbocycles. The Hall–Kier alpha value is -2.63. The van der Waals surface area contributed by atoms with E-state index in [4.69, 9.17) is 0 Å². The molecular weight excluding hydrogens is 397 g/mol. The molecule has 0 spiro atoms. The molecule has 1 atom stereocenters. The van der Waals surface area contributed by atoms with Gasteiger partial charge in [0.25, 0.3) is 0 Å². The van der Waals surface area contributed by atoms with E-state index >= 15 is 0 Å². The SMILES string of the molecule is CN(Cc1ccc(C(F)(F)F)cc1)C(=O)N1CC(=O)[C@@H]1CSc1nnnn1C. The summed E-state index contributed by atoms with van der Waals surface area (Å²) >= 11 is 1.27. The van der Waals surface area contributed by atoms with E-state index in [1.54, 1.807) is 14.1 Å². The van der Waals surface area contributed by atoms with Crippen LogP contribution in [0.2, 0.25) is 0 Å². The third-order valence-corrected chi connectivity index (χ3v) is 5.39. The van der Waals surface area contributed by atoms with Gasteiger partial charge in [-0.15, -0.1) is 5.10 Å². The van der Waals surface area contributed by atoms with Crippen LogP contribution in [0.1, 0.15) is 11.1 Å². The molecule has 28 heavy (non-hydrogen) atoms. The maximum atomic E-state index is 12.6. The zero-order chi connectivity index (χ0) is 20.5. The minimum Gasteiger partial charge on any atom is -0.323 e. The maximum absolute atomic E-state index is 12.6. The van der Waals surface area contributed by atoms with Gasteiger partial charge in [-0.1, -0.05) is 23.9 Å². The lowest BCUT2D eigenvalue weighted by Gasteiger charge is -2.40. The molecule has 1 aromatic heterocycles. The number of hydrogen-bond donors (Lipinski definition) is 0. The van der Waals surface area contributed by atoms with E-state index in [1.165, 1.54) is 38.4 Å². The lowest BCUT2D eigenvalue weighted by Crippen LogP contribution is -2.63. The Morgan fingerprint density at radius 3 is 2.54 bits per heavy atom. The van der Waals surface area contributed by atoms with Crippen LogP contribution in [0.15, 0.2) is 29.4 Å². The number of hydrogen-bond acceptors (Lipinski definition) is 6. The van der Waals surface area contributed by atoms with Gasteiger partial charge in [0.1, 0.15) is 6.04 Å². The number of aromatic nitrogens is 4. The van der Waals surface area contributed by atoms with Crippen molar-refractivity contribution in [3.8, 4) is 0 Å². The van der Waals surface area contributed by atoms with Crippen LogP contribution in [0.25, 0.3) is 0 Å². The molecule has 0 saturated carbocycles. The number of amides is 2. The van der Waals surface area contributed by atoms with Crippen molar-refractivity contribution in [2.24, 2.45) is 7.05 Å². The lowest BCUT2D eigenvalue weighted by atomic mass is 10.0. The number of ketones is 1. The highest BCUT2D eigenvalue weighted by molar-refractivity contribution is 7.99. The number of alkyl halides is 3. The summed E-state index contributed by atoms with van der Waals surface area (Å²) in [6.07, 6.45) is -4.40. The van der Waals surface area contributed by atoms with Crippen LogP contribution in [0, 0.1) is 0 Å². The molecule has 0 N–H and O–H groups in total. The fraction of sp³-hybridized carbons (Fsp3) is 0.438. The van der Waals surface area contributed by atoms with Crippen molar-refractivity contribution < 1.29 is 22.8 Å². The van der Waals surface area contributed by atoms with Gasteiger partial charge in [-0.3, -0.25) is 4.79 Å². The fourth-order valence-electron chi connectivity index (χ4n) is 2.69. The van der Waals surface area contributed by atoms with Crippen molar-refractivity contribution in [2.75, 3.05) is 19.3 Å². The standard InChI is InChI=1S/C16H17F3N6O2S/c1-23(7-10-3-5-11(6-4-10)16(17,18)19)15(27)25-8-13(26)12(25)9-28-14-20-21-22-24(14)2/h3-6,12H,7-9H2,1-2H3/t12-/m0/s1. The quantitative estimate of drug-likeness (QED) is 0.694. The van der Waals surface area contributed by atoms with E-state index in [-0.39, 0.29) is 24.9 Å². The summed E-state index contributed by atoms with van der Waals surface area (Å²) in [5.41, 5.74) is -0.180. The van der Waals surface area contributed by atoms with Gasteiger partial charge in [0.2, 0.25) is 5.16 Å². The molecule has 3 rings (SSSR count). The minimum absolute atomic E-state index is 0.0124. The number of rotatable bonds is 5. The minimum atomic E-state index is -4.40. The number of urea groups is 1. The first-order valence-corrected chi connectivity index (χ1v) is 9.21. The first kappa shape index (κ1) is 20.1. The Balaban J connectivity index is 1.58. The second-order valence-electron chi connectivity index (χ2n) is 6.34. The van der Waals surface area contributed by atoms with E-state index < -0.39 is 17.8 Å². The highest BCUT2D eigenvalue weighted by atomic mass is 32.2. The van der Waals surface area contributed by atoms with Crippen LogP contribution in [-0.4, -0.2) is 67.2 Å². The van der Waals surface area contributed by atoms with Crippen molar-refractivity contribution in [3.05, 3.63) is 35.4 Å². The number of nitrogens with zero attached hydrogens (tertiary/aromatic N) is 6. The third kappa shape index (κ3) is 4.26. The van der Waals surface area contributed by atoms with Gasteiger partial charge in [0, 0.05) is 26.4 Å². The molecule has 1 aliphatic rings. The highest BCUT2D eigenvalue weighted by Crippen LogP contribution is 2.29. The first-order valence-electron chi connectivity index (χ1n) is 8.22. The van der Waals surface area contributed by atoms with E-state index in [1.807, 2.05) is 0 Å². The normalized spacial score (nSPS) is 16.8. The molecule has 1 fully saturated rings. The van der Waals surface area contributed by atoms with Gasteiger partial charge < -0.3 is 9.80 Å². The average molecular weight is 414 g/mol. The monoisotopic (exact) mass is 414 g/mol. The Morgan fingerprint density at radius 1 is 1.32 bits per heavy atom. The largest absolute Gasteiger partial charge is 0.416 e. The predicted octanol–water partition coefficient (Wildman–Crippen LogP) is 1.83. The summed E-state index contributed by atoms with van der Waals surface area (Å²) in [4.78, 5) is 27.3. The zero-order valence-electron chi connectivity index (χ0n) is 15.0. The van der Waals surface area contributed by atoms with Crippen molar-refractivity contribution in [1.29, 1.82) is 0 Å². The topological polar surface area (TPSA) is 84.2 Å². The summed E-state index contributed by atoms with van der Waals surface area (Å²) in [5.74, 6) is 0.270. The molecule has 0 aliphatic carbocycles. The smallest absolute Gasteiger partial charge is 0.323 e. The number of Topliss-reactive ketones (excluding diaryl/α,β-unsaturated/α-hetero) is 1. The van der Waals surface area contributed by atoms with E-state index in [2.05, 4.69) is 15.5 Å². The van der Waals surface area contributed by atoms with E-state index in [9.17, 15) is 22.8 Å². The molecule has 1 saturated heterocycles. The van der Waals surface area contributed by atoms with Gasteiger partial charge in [-0.25, -0.2) is 9.48 Å². The Bertz CT molecular complexity index is 870. The number of thioether (sulfide) groups is 1. The average Bonchev–Trinajstić information content (AvgIpc) is 3.03. The Kier molecular flexibility index (Phi) is 5.59. The molecule has 0 unspecified atom stereocenters. The lowest BCUT2D eigenvalue weighted by molar-refractivity contribution is -0.137. The number of carbonyl (C=O) groups is 2. The molecule has 12 heteroatoms. The molecule has 0 radical (unpaired) electrons. The van der Waals surface area contributed by atoms with Crippen LogP contribution in [0.4, 0.5) is 18.0 Å². The second-order valence-corrected chi connectivity index (χ2v) is 7.33. The van der Waals surface area contributed by atoms with Gasteiger partial charge in [-0.05, 0) is 28.1 Å². The summed E-state index contributed by atoms with van der Waals surface area (Å²) in [7, 11) is 3.21. The van der Waals surface area contributed by atoms with E-state index in [0.29, 0.717) is 16.5 Å². The van der Waals surface area contributed by atoms with Crippen molar-refractivity contribution in [3.63, 3.8) is 0 Å². The van der Waals surface area contributed by atoms with Gasteiger partial charge >= 0.3 is 12.2 Å². The molecule has 2 heterocycles. The molecule has 2 aromatic rings. The summed E-state index contributed by atoms with van der Waals surface area (Å²) in [6, 6.07) is 3.69. The van der Waals surface area contributed by atoms with Crippen molar-refractivity contribution in [2.45, 2.75) is 23.9 Å². The van der Waals surface area contributed by atoms with Gasteiger partial charge in [-0.2, -0.15) is 13.2 Å². The molecule has 150 valence electrons. The van der Waals surface area contributed by atoms with Crippen LogP contribution in [0.5, 0.6) is 0 Å². The number of benzene rings is 1. The Labute approximate surface area is 162 Å². The van der Waals surface area contributed by atoms with E-state index in [0.717, 1.165) is 12.1 Å². The number of aryl methyl sites for hydroxylation is 1. The summed E-state index contributed by atoms with van der Waals surface area (Å²) in [5, 5.41) is 11.6. The van der Waals surface area contributed by atoms with Crippen LogP contribution in [0.3, 0.4) is 0 Å². The molecular formula is C16H17F3N6O2S. The number of carbonyl (C=O) groups excluding carboxylic acids is 2. The summed E-state index contributed by atoms with van der Waals surface area (Å²) < 4.78 is 39.4. The predicted molar refractivity (Wildman–Crippen MR) is 93.3 cm³/mol. The van der Waals surface area contributed by atoms with Crippen molar-refractivity contribution >= 4 is 23.6 Å². The van der Waals surface area contributed by atoms with Crippen LogP contribution >= 0.6 is 11.8 Å². The van der Waals surface area contributed by atoms with Crippen LogP contribution in [-0.2, 0) is 24.6 Å². The van der Waals surface area contributed by atoms with Gasteiger partial charge in [0.05, 0.1) is 12.1 Å². The molecule has 1 aliphatic heterocycles. The number of tetrazole rings is 1. The zero-order valence-corrected chi connectivity index (χ0v) is 15.9. The fourth-order valence-corrected chi connectivity index (χ4v) is 3.68. The van der Waals surface area contributed by atoms with Gasteiger partial charge in [0.15, 0.2) is 5.78 Å². The highest BCUT2D eigenvalue weighted by Gasteiger charge is 2.41. The first-order chi connectivity index (χ1) is 13.2. The van der Waals surface area contributed by atoms with Crippen LogP contribution < -0.4 is 0 Å². The second kappa shape index (κ2) is 7.78. The summed E-state index contributed by atoms with van der Waals surface area (Å²) in [6.45, 7) is 0.146.